The average molecular weight is 190 g/mol. The van der Waals surface area contributed by atoms with Crippen molar-refractivity contribution < 1.29 is 0 Å². The summed E-state index contributed by atoms with van der Waals surface area (Å²) in [5, 5.41) is 0. The third kappa shape index (κ3) is 1.00. The van der Waals surface area contributed by atoms with E-state index in [1.807, 2.05) is 0 Å². The maximum absolute atomic E-state index is 4.26. The molecule has 0 aromatic rings. The predicted molar refractivity (Wildman–Crippen MR) is 61.9 cm³/mol. The normalized spacial score (nSPS) is 52.6. The quantitative estimate of drug-likeness (QED) is 0.508. The van der Waals surface area contributed by atoms with Crippen LogP contribution in [0.3, 0.4) is 0 Å². The summed E-state index contributed by atoms with van der Waals surface area (Å²) in [4.78, 5) is 0. The Morgan fingerprint density at radius 2 is 0.857 bits per heavy atom. The predicted octanol–water partition coefficient (Wildman–Crippen LogP) is 3.90. The first kappa shape index (κ1) is 10.0. The molecule has 0 bridgehead atoms. The van der Waals surface area contributed by atoms with Crippen molar-refractivity contribution in [3.63, 3.8) is 0 Å². The van der Waals surface area contributed by atoms with Gasteiger partial charge in [0, 0.05) is 0 Å². The summed E-state index contributed by atoms with van der Waals surface area (Å²) < 4.78 is 0. The van der Waals surface area contributed by atoms with E-state index in [0.29, 0.717) is 23.7 Å². The lowest BCUT2D eigenvalue weighted by Gasteiger charge is -2.19. The molecule has 14 heavy (non-hydrogen) atoms. The molecular formula is C14H22. The summed E-state index contributed by atoms with van der Waals surface area (Å²) in [6, 6.07) is 0. The topological polar surface area (TPSA) is 0 Å². The highest BCUT2D eigenvalue weighted by molar-refractivity contribution is 5.27. The van der Waals surface area contributed by atoms with Gasteiger partial charge in [0.25, 0.3) is 0 Å². The fourth-order valence-corrected chi connectivity index (χ4v) is 4.02. The van der Waals surface area contributed by atoms with Gasteiger partial charge in [0.05, 0.1) is 0 Å². The van der Waals surface area contributed by atoms with E-state index in [4.69, 9.17) is 0 Å². The van der Waals surface area contributed by atoms with Crippen molar-refractivity contribution in [2.75, 3.05) is 0 Å². The van der Waals surface area contributed by atoms with Gasteiger partial charge >= 0.3 is 0 Å². The molecule has 0 aliphatic heterocycles. The lowest BCUT2D eigenvalue weighted by molar-refractivity contribution is 0.269. The molecule has 2 saturated carbocycles. The molecule has 0 radical (unpaired) electrons. The van der Waals surface area contributed by atoms with E-state index in [-0.39, 0.29) is 0 Å². The van der Waals surface area contributed by atoms with Crippen LogP contribution in [0, 0.1) is 35.5 Å². The molecular weight excluding hydrogens is 168 g/mol. The van der Waals surface area contributed by atoms with E-state index in [2.05, 4.69) is 40.9 Å². The highest BCUT2D eigenvalue weighted by atomic mass is 14.6. The number of hydrogen-bond donors (Lipinski definition) is 0. The molecule has 2 aliphatic rings. The molecule has 0 nitrogen and oxygen atoms in total. The van der Waals surface area contributed by atoms with Gasteiger partial charge in [0.1, 0.15) is 0 Å². The van der Waals surface area contributed by atoms with Crippen LogP contribution in [0.4, 0.5) is 0 Å². The molecule has 0 N–H and O–H groups in total. The molecule has 4 unspecified atom stereocenters. The Balaban J connectivity index is 2.39. The molecule has 0 heterocycles. The van der Waals surface area contributed by atoms with Crippen molar-refractivity contribution in [1.29, 1.82) is 0 Å². The average Bonchev–Trinajstić information content (AvgIpc) is 2.51. The molecule has 0 amide bonds. The van der Waals surface area contributed by atoms with Crippen molar-refractivity contribution in [2.24, 2.45) is 35.5 Å². The zero-order valence-corrected chi connectivity index (χ0v) is 9.88. The third-order valence-electron chi connectivity index (χ3n) is 5.09. The van der Waals surface area contributed by atoms with Gasteiger partial charge in [0.15, 0.2) is 0 Å². The summed E-state index contributed by atoms with van der Waals surface area (Å²) in [6.45, 7) is 17.9. The molecule has 0 aromatic heterocycles. The Morgan fingerprint density at radius 1 is 0.643 bits per heavy atom. The fourth-order valence-electron chi connectivity index (χ4n) is 4.02. The molecule has 0 aromatic carbocycles. The molecule has 0 spiro atoms. The number of allylic oxidation sites excluding steroid dienone is 2. The molecule has 78 valence electrons. The summed E-state index contributed by atoms with van der Waals surface area (Å²) in [5.74, 6) is 4.44. The van der Waals surface area contributed by atoms with Gasteiger partial charge in [0.2, 0.25) is 0 Å². The Kier molecular flexibility index (Phi) is 2.13. The molecule has 0 heteroatoms. The largest absolute Gasteiger partial charge is 0.0993 e. The summed E-state index contributed by atoms with van der Waals surface area (Å²) in [7, 11) is 0. The van der Waals surface area contributed by atoms with E-state index >= 15 is 0 Å². The summed E-state index contributed by atoms with van der Waals surface area (Å²) in [5.41, 5.74) is 2.96. The van der Waals surface area contributed by atoms with Crippen LogP contribution < -0.4 is 0 Å². The Morgan fingerprint density at radius 3 is 1.07 bits per heavy atom. The minimum absolute atomic E-state index is 0.701. The highest BCUT2D eigenvalue weighted by Gasteiger charge is 2.52. The monoisotopic (exact) mass is 190 g/mol. The van der Waals surface area contributed by atoms with Gasteiger partial charge in [-0.25, -0.2) is 0 Å². The lowest BCUT2D eigenvalue weighted by atomic mass is 9.84. The molecule has 2 fully saturated rings. The third-order valence-corrected chi connectivity index (χ3v) is 5.09. The minimum Gasteiger partial charge on any atom is -0.0993 e. The van der Waals surface area contributed by atoms with Gasteiger partial charge in [-0.3, -0.25) is 0 Å². The van der Waals surface area contributed by atoms with E-state index in [9.17, 15) is 0 Å². The van der Waals surface area contributed by atoms with Crippen LogP contribution in [0.15, 0.2) is 24.3 Å². The van der Waals surface area contributed by atoms with E-state index < -0.39 is 0 Å². The smallest absolute Gasteiger partial charge is 0.0195 e. The second kappa shape index (κ2) is 2.98. The Labute approximate surface area is 88.1 Å². The maximum Gasteiger partial charge on any atom is -0.0195 e. The van der Waals surface area contributed by atoms with Crippen LogP contribution in [0.5, 0.6) is 0 Å². The first-order valence-electron chi connectivity index (χ1n) is 5.84. The molecule has 2 aliphatic carbocycles. The van der Waals surface area contributed by atoms with Gasteiger partial charge in [-0.1, -0.05) is 52.0 Å². The Hall–Kier alpha value is -0.520. The maximum atomic E-state index is 4.26. The first-order chi connectivity index (χ1) is 6.46. The van der Waals surface area contributed by atoms with Crippen LogP contribution in [-0.4, -0.2) is 0 Å². The van der Waals surface area contributed by atoms with E-state index in [0.717, 1.165) is 11.8 Å². The second-order valence-corrected chi connectivity index (χ2v) is 5.46. The number of hydrogen-bond acceptors (Lipinski definition) is 0. The van der Waals surface area contributed by atoms with E-state index in [1.54, 1.807) is 0 Å². The molecule has 2 rings (SSSR count). The van der Waals surface area contributed by atoms with Crippen LogP contribution in [-0.2, 0) is 0 Å². The van der Waals surface area contributed by atoms with Crippen molar-refractivity contribution in [3.05, 3.63) is 24.3 Å². The van der Waals surface area contributed by atoms with Crippen molar-refractivity contribution >= 4 is 0 Å². The highest BCUT2D eigenvalue weighted by Crippen LogP contribution is 2.59. The number of rotatable bonds is 0. The zero-order valence-electron chi connectivity index (χ0n) is 9.88. The van der Waals surface area contributed by atoms with Crippen LogP contribution in [0.2, 0.25) is 0 Å². The van der Waals surface area contributed by atoms with Crippen LogP contribution >= 0.6 is 0 Å². The summed E-state index contributed by atoms with van der Waals surface area (Å²) >= 11 is 0. The van der Waals surface area contributed by atoms with Crippen molar-refractivity contribution in [3.8, 4) is 0 Å². The zero-order chi connectivity index (χ0) is 10.6. The minimum atomic E-state index is 0.701. The molecule has 0 saturated heterocycles. The number of fused-ring (bicyclic) bond motifs is 1. The summed E-state index contributed by atoms with van der Waals surface area (Å²) in [6.07, 6.45) is 0. The first-order valence-corrected chi connectivity index (χ1v) is 5.84. The van der Waals surface area contributed by atoms with E-state index in [1.165, 1.54) is 11.1 Å². The fraction of sp³-hybridized carbons (Fsp3) is 0.714. The van der Waals surface area contributed by atoms with Crippen LogP contribution in [0.1, 0.15) is 27.7 Å². The van der Waals surface area contributed by atoms with Gasteiger partial charge in [-0.2, -0.15) is 0 Å². The lowest BCUT2D eigenvalue weighted by Crippen LogP contribution is -2.16. The van der Waals surface area contributed by atoms with Gasteiger partial charge < -0.3 is 0 Å². The van der Waals surface area contributed by atoms with Crippen LogP contribution in [0.25, 0.3) is 0 Å². The molecule has 4 atom stereocenters. The second-order valence-electron chi connectivity index (χ2n) is 5.46. The Bertz CT molecular complexity index is 232. The SMILES string of the molecule is C=C1C(C)C2C(C)C(=C)C(C)C2C1C. The van der Waals surface area contributed by atoms with Gasteiger partial charge in [-0.15, -0.1) is 0 Å². The standard InChI is InChI=1S/C14H22/c1-7-9(3)13-11(5)8(2)12(6)14(13)10(7)4/h9-14H,1-2H2,3-6H3. The van der Waals surface area contributed by atoms with Crippen molar-refractivity contribution in [1.82, 2.24) is 0 Å². The van der Waals surface area contributed by atoms with Crippen molar-refractivity contribution in [2.45, 2.75) is 27.7 Å². The van der Waals surface area contributed by atoms with Gasteiger partial charge in [-0.05, 0) is 35.5 Å².